The number of aryl methyl sites for hydroxylation is 1. The number of hydrogen-bond donors (Lipinski definition) is 0. The van der Waals surface area contributed by atoms with E-state index in [9.17, 15) is 22.8 Å². The fraction of sp³-hybridized carbons (Fsp3) is 0.364. The molecule has 2 amide bonds. The zero-order chi connectivity index (χ0) is 20.6. The van der Waals surface area contributed by atoms with Crippen molar-refractivity contribution in [3.8, 4) is 0 Å². The summed E-state index contributed by atoms with van der Waals surface area (Å²) in [5, 5.41) is 0. The van der Waals surface area contributed by atoms with Crippen molar-refractivity contribution in [1.29, 1.82) is 0 Å². The summed E-state index contributed by atoms with van der Waals surface area (Å²) in [6, 6.07) is 10.7. The van der Waals surface area contributed by atoms with E-state index in [1.807, 2.05) is 6.07 Å². The minimum absolute atomic E-state index is 0.118. The van der Waals surface area contributed by atoms with E-state index in [-0.39, 0.29) is 11.8 Å². The van der Waals surface area contributed by atoms with Crippen LogP contribution in [-0.2, 0) is 23.9 Å². The Kier molecular flexibility index (Phi) is 5.06. The molecule has 0 spiro atoms. The van der Waals surface area contributed by atoms with Gasteiger partial charge >= 0.3 is 6.18 Å². The quantitative estimate of drug-likeness (QED) is 0.763. The summed E-state index contributed by atoms with van der Waals surface area (Å²) in [7, 11) is 0. The maximum Gasteiger partial charge on any atom is 0.416 e. The van der Waals surface area contributed by atoms with Crippen LogP contribution in [0.3, 0.4) is 0 Å². The molecule has 0 saturated carbocycles. The molecular formula is C22H21F3N2O2. The first-order valence-corrected chi connectivity index (χ1v) is 9.71. The van der Waals surface area contributed by atoms with Crippen LogP contribution in [0.2, 0.25) is 0 Å². The fourth-order valence-corrected chi connectivity index (χ4v) is 4.03. The van der Waals surface area contributed by atoms with Crippen molar-refractivity contribution in [3.05, 3.63) is 64.7 Å². The van der Waals surface area contributed by atoms with Gasteiger partial charge in [-0.15, -0.1) is 0 Å². The SMILES string of the molecule is O=C1CCCN1Cc1cccc(C(=O)N2CCCc3cc(C(F)(F)F)ccc32)c1. The molecule has 0 N–H and O–H groups in total. The highest BCUT2D eigenvalue weighted by molar-refractivity contribution is 6.06. The van der Waals surface area contributed by atoms with Gasteiger partial charge in [0.25, 0.3) is 5.91 Å². The summed E-state index contributed by atoms with van der Waals surface area (Å²) in [6.45, 7) is 1.65. The van der Waals surface area contributed by atoms with Gasteiger partial charge in [-0.3, -0.25) is 9.59 Å². The Hall–Kier alpha value is -2.83. The maximum atomic E-state index is 13.1. The van der Waals surface area contributed by atoms with E-state index < -0.39 is 11.7 Å². The first-order chi connectivity index (χ1) is 13.8. The molecule has 1 fully saturated rings. The fourth-order valence-electron chi connectivity index (χ4n) is 4.03. The number of likely N-dealkylation sites (tertiary alicyclic amines) is 1. The average molecular weight is 402 g/mol. The van der Waals surface area contributed by atoms with E-state index in [1.165, 1.54) is 6.07 Å². The van der Waals surface area contributed by atoms with Gasteiger partial charge in [0.15, 0.2) is 0 Å². The van der Waals surface area contributed by atoms with Crippen molar-refractivity contribution in [2.24, 2.45) is 0 Å². The Balaban J connectivity index is 1.58. The average Bonchev–Trinajstić information content (AvgIpc) is 3.10. The van der Waals surface area contributed by atoms with Crippen LogP contribution in [0.25, 0.3) is 0 Å². The highest BCUT2D eigenvalue weighted by Crippen LogP contribution is 2.35. The van der Waals surface area contributed by atoms with Crippen molar-refractivity contribution in [2.75, 3.05) is 18.0 Å². The van der Waals surface area contributed by atoms with Crippen molar-refractivity contribution in [2.45, 2.75) is 38.4 Å². The summed E-state index contributed by atoms with van der Waals surface area (Å²) in [6.07, 6.45) is -1.87. The monoisotopic (exact) mass is 402 g/mol. The van der Waals surface area contributed by atoms with Crippen molar-refractivity contribution >= 4 is 17.5 Å². The highest BCUT2D eigenvalue weighted by atomic mass is 19.4. The van der Waals surface area contributed by atoms with E-state index in [0.29, 0.717) is 49.2 Å². The van der Waals surface area contributed by atoms with Crippen LogP contribution in [0.4, 0.5) is 18.9 Å². The molecule has 0 atom stereocenters. The number of amides is 2. The van der Waals surface area contributed by atoms with Crippen LogP contribution in [0.1, 0.15) is 46.3 Å². The first kappa shape index (κ1) is 19.5. The van der Waals surface area contributed by atoms with Crippen LogP contribution >= 0.6 is 0 Å². The Labute approximate surface area is 166 Å². The van der Waals surface area contributed by atoms with Crippen LogP contribution in [0, 0.1) is 0 Å². The normalized spacial score (nSPS) is 16.9. The summed E-state index contributed by atoms with van der Waals surface area (Å²) in [5.41, 5.74) is 1.73. The van der Waals surface area contributed by atoms with E-state index >= 15 is 0 Å². The molecule has 1 saturated heterocycles. The highest BCUT2D eigenvalue weighted by Gasteiger charge is 2.33. The largest absolute Gasteiger partial charge is 0.416 e. The Morgan fingerprint density at radius 3 is 2.52 bits per heavy atom. The summed E-state index contributed by atoms with van der Waals surface area (Å²) in [5.74, 6) is -0.118. The van der Waals surface area contributed by atoms with Gasteiger partial charge in [0.2, 0.25) is 5.91 Å². The van der Waals surface area contributed by atoms with Crippen molar-refractivity contribution in [1.82, 2.24) is 4.90 Å². The Morgan fingerprint density at radius 2 is 1.79 bits per heavy atom. The summed E-state index contributed by atoms with van der Waals surface area (Å²) in [4.78, 5) is 28.3. The molecule has 7 heteroatoms. The molecule has 29 heavy (non-hydrogen) atoms. The lowest BCUT2D eigenvalue weighted by Crippen LogP contribution is -2.35. The number of rotatable bonds is 3. The van der Waals surface area contributed by atoms with Crippen molar-refractivity contribution in [3.63, 3.8) is 0 Å². The molecule has 2 aliphatic rings. The summed E-state index contributed by atoms with van der Waals surface area (Å²) >= 11 is 0. The van der Waals surface area contributed by atoms with Gasteiger partial charge in [0.1, 0.15) is 0 Å². The van der Waals surface area contributed by atoms with E-state index in [0.717, 1.165) is 30.7 Å². The summed E-state index contributed by atoms with van der Waals surface area (Å²) < 4.78 is 39.0. The lowest BCUT2D eigenvalue weighted by molar-refractivity contribution is -0.137. The third kappa shape index (κ3) is 3.99. The minimum atomic E-state index is -4.40. The smallest absolute Gasteiger partial charge is 0.338 e. The molecule has 2 heterocycles. The van der Waals surface area contributed by atoms with E-state index in [1.54, 1.807) is 28.0 Å². The third-order valence-electron chi connectivity index (χ3n) is 5.49. The molecule has 0 bridgehead atoms. The van der Waals surface area contributed by atoms with Gasteiger partial charge in [-0.2, -0.15) is 13.2 Å². The number of nitrogens with zero attached hydrogens (tertiary/aromatic N) is 2. The molecule has 0 aromatic heterocycles. The molecule has 152 valence electrons. The zero-order valence-corrected chi connectivity index (χ0v) is 15.8. The van der Waals surface area contributed by atoms with Gasteiger partial charge in [0.05, 0.1) is 5.56 Å². The first-order valence-electron chi connectivity index (χ1n) is 9.71. The number of carbonyl (C=O) groups excluding carboxylic acids is 2. The Morgan fingerprint density at radius 1 is 1.00 bits per heavy atom. The van der Waals surface area contributed by atoms with Crippen LogP contribution < -0.4 is 4.90 Å². The molecule has 2 aliphatic heterocycles. The number of alkyl halides is 3. The molecule has 4 rings (SSSR count). The topological polar surface area (TPSA) is 40.6 Å². The maximum absolute atomic E-state index is 13.1. The number of benzene rings is 2. The molecule has 0 unspecified atom stereocenters. The molecule has 2 aromatic rings. The Bertz CT molecular complexity index is 955. The lowest BCUT2D eigenvalue weighted by atomic mass is 9.98. The van der Waals surface area contributed by atoms with Gasteiger partial charge in [-0.1, -0.05) is 12.1 Å². The van der Waals surface area contributed by atoms with Gasteiger partial charge in [-0.05, 0) is 60.7 Å². The number of hydrogen-bond acceptors (Lipinski definition) is 2. The number of halogens is 3. The predicted molar refractivity (Wildman–Crippen MR) is 103 cm³/mol. The second-order valence-electron chi connectivity index (χ2n) is 7.52. The minimum Gasteiger partial charge on any atom is -0.338 e. The van der Waals surface area contributed by atoms with Gasteiger partial charge in [-0.25, -0.2) is 0 Å². The van der Waals surface area contributed by atoms with Gasteiger partial charge in [0, 0.05) is 37.3 Å². The van der Waals surface area contributed by atoms with Crippen molar-refractivity contribution < 1.29 is 22.8 Å². The van der Waals surface area contributed by atoms with E-state index in [2.05, 4.69) is 0 Å². The zero-order valence-electron chi connectivity index (χ0n) is 15.8. The second-order valence-corrected chi connectivity index (χ2v) is 7.52. The second kappa shape index (κ2) is 7.54. The lowest BCUT2D eigenvalue weighted by Gasteiger charge is -2.30. The standard InChI is InChI=1S/C22H21F3N2O2/c23-22(24,25)18-8-9-19-16(13-18)6-2-11-27(19)21(29)17-5-1-4-15(12-17)14-26-10-3-7-20(26)28/h1,4-5,8-9,12-13H,2-3,6-7,10-11,14H2. The third-order valence-corrected chi connectivity index (χ3v) is 5.49. The molecular weight excluding hydrogens is 381 g/mol. The van der Waals surface area contributed by atoms with Crippen LogP contribution in [0.5, 0.6) is 0 Å². The molecule has 0 radical (unpaired) electrons. The predicted octanol–water partition coefficient (Wildman–Crippen LogP) is 4.42. The number of fused-ring (bicyclic) bond motifs is 1. The van der Waals surface area contributed by atoms with Gasteiger partial charge < -0.3 is 9.80 Å². The molecule has 0 aliphatic carbocycles. The number of carbonyl (C=O) groups is 2. The number of anilines is 1. The van der Waals surface area contributed by atoms with Crippen LogP contribution in [0.15, 0.2) is 42.5 Å². The molecule has 4 nitrogen and oxygen atoms in total. The molecule has 2 aromatic carbocycles. The van der Waals surface area contributed by atoms with Crippen LogP contribution in [-0.4, -0.2) is 29.8 Å². The van der Waals surface area contributed by atoms with E-state index in [4.69, 9.17) is 0 Å².